The molecule has 1 aliphatic heterocycles. The fraction of sp³-hybridized carbons (Fsp3) is 0.600. The van der Waals surface area contributed by atoms with Crippen molar-refractivity contribution in [3.8, 4) is 0 Å². The van der Waals surface area contributed by atoms with Gasteiger partial charge in [-0.3, -0.25) is 0 Å². The number of rotatable bonds is 5. The van der Waals surface area contributed by atoms with Crippen LogP contribution in [-0.4, -0.2) is 33.4 Å². The summed E-state index contributed by atoms with van der Waals surface area (Å²) in [5.41, 5.74) is 1.67. The minimum Gasteiger partial charge on any atom is -0.376 e. The Labute approximate surface area is 114 Å². The van der Waals surface area contributed by atoms with E-state index in [9.17, 15) is 4.39 Å². The number of ether oxygens (including phenoxy) is 1. The zero-order valence-electron chi connectivity index (χ0n) is 11.9. The van der Waals surface area contributed by atoms with Gasteiger partial charge in [0.25, 0.3) is 0 Å². The molecular formula is C15H23FN2O. The van der Waals surface area contributed by atoms with Crippen LogP contribution in [0.5, 0.6) is 0 Å². The van der Waals surface area contributed by atoms with Crippen molar-refractivity contribution in [2.24, 2.45) is 0 Å². The summed E-state index contributed by atoms with van der Waals surface area (Å²) in [6, 6.07) is 5.39. The van der Waals surface area contributed by atoms with Gasteiger partial charge in [0, 0.05) is 26.2 Å². The molecule has 1 fully saturated rings. The van der Waals surface area contributed by atoms with Gasteiger partial charge >= 0.3 is 0 Å². The Hall–Kier alpha value is -1.13. The molecule has 106 valence electrons. The molecule has 0 aromatic heterocycles. The molecule has 0 bridgehead atoms. The van der Waals surface area contributed by atoms with Gasteiger partial charge in [0.15, 0.2) is 0 Å². The second-order valence-corrected chi connectivity index (χ2v) is 5.20. The summed E-state index contributed by atoms with van der Waals surface area (Å²) in [6.45, 7) is 3.61. The van der Waals surface area contributed by atoms with Gasteiger partial charge in [-0.15, -0.1) is 0 Å². The molecule has 1 aromatic carbocycles. The number of nitrogens with zero attached hydrogens (tertiary/aromatic N) is 1. The first-order valence-corrected chi connectivity index (χ1v) is 6.92. The summed E-state index contributed by atoms with van der Waals surface area (Å²) in [5.74, 6) is -0.167. The van der Waals surface area contributed by atoms with Crippen molar-refractivity contribution in [2.75, 3.05) is 32.1 Å². The molecule has 1 aromatic rings. The molecule has 2 rings (SSSR count). The largest absolute Gasteiger partial charge is 0.376 e. The van der Waals surface area contributed by atoms with Crippen LogP contribution in [0.3, 0.4) is 0 Å². The van der Waals surface area contributed by atoms with Crippen LogP contribution in [0.4, 0.5) is 10.1 Å². The molecule has 0 amide bonds. The van der Waals surface area contributed by atoms with Crippen molar-refractivity contribution >= 4 is 5.69 Å². The van der Waals surface area contributed by atoms with Crippen LogP contribution in [0.1, 0.15) is 31.4 Å². The van der Waals surface area contributed by atoms with E-state index in [4.69, 9.17) is 4.74 Å². The van der Waals surface area contributed by atoms with Crippen molar-refractivity contribution < 1.29 is 9.13 Å². The Kier molecular flexibility index (Phi) is 4.77. The molecule has 1 N–H and O–H groups in total. The van der Waals surface area contributed by atoms with E-state index in [2.05, 4.69) is 5.32 Å². The van der Waals surface area contributed by atoms with Crippen LogP contribution in [0.25, 0.3) is 0 Å². The fourth-order valence-corrected chi connectivity index (χ4v) is 2.62. The highest BCUT2D eigenvalue weighted by Gasteiger charge is 2.22. The molecule has 19 heavy (non-hydrogen) atoms. The summed E-state index contributed by atoms with van der Waals surface area (Å²) in [7, 11) is 3.82. The molecule has 2 atom stereocenters. The minimum atomic E-state index is -0.167. The van der Waals surface area contributed by atoms with Gasteiger partial charge in [0.2, 0.25) is 0 Å². The Morgan fingerprint density at radius 2 is 2.32 bits per heavy atom. The summed E-state index contributed by atoms with van der Waals surface area (Å²) < 4.78 is 19.8. The third kappa shape index (κ3) is 3.25. The zero-order chi connectivity index (χ0) is 13.8. The summed E-state index contributed by atoms with van der Waals surface area (Å²) >= 11 is 0. The van der Waals surface area contributed by atoms with E-state index in [1.165, 1.54) is 6.07 Å². The Morgan fingerprint density at radius 3 is 2.95 bits per heavy atom. The number of nitrogens with one attached hydrogen (secondary N) is 1. The predicted molar refractivity (Wildman–Crippen MR) is 76.1 cm³/mol. The summed E-state index contributed by atoms with van der Waals surface area (Å²) in [4.78, 5) is 1.98. The van der Waals surface area contributed by atoms with E-state index in [1.807, 2.05) is 32.0 Å². The zero-order valence-corrected chi connectivity index (χ0v) is 11.9. The molecule has 0 aliphatic carbocycles. The van der Waals surface area contributed by atoms with Crippen LogP contribution >= 0.6 is 0 Å². The molecule has 1 saturated heterocycles. The van der Waals surface area contributed by atoms with Crippen LogP contribution in [-0.2, 0) is 4.74 Å². The molecule has 0 spiro atoms. The van der Waals surface area contributed by atoms with Crippen molar-refractivity contribution in [3.63, 3.8) is 0 Å². The first-order chi connectivity index (χ1) is 9.13. The Morgan fingerprint density at radius 1 is 1.53 bits per heavy atom. The number of para-hydroxylation sites is 1. The number of hydrogen-bond donors (Lipinski definition) is 1. The van der Waals surface area contributed by atoms with E-state index in [0.717, 1.165) is 31.6 Å². The maximum atomic E-state index is 14.2. The van der Waals surface area contributed by atoms with Crippen LogP contribution in [0, 0.1) is 5.82 Å². The first kappa shape index (κ1) is 14.3. The average molecular weight is 266 g/mol. The van der Waals surface area contributed by atoms with Gasteiger partial charge in [0.05, 0.1) is 11.8 Å². The summed E-state index contributed by atoms with van der Waals surface area (Å²) in [5, 5.41) is 3.17. The van der Waals surface area contributed by atoms with E-state index >= 15 is 0 Å². The van der Waals surface area contributed by atoms with Crippen molar-refractivity contribution in [1.29, 1.82) is 0 Å². The van der Waals surface area contributed by atoms with E-state index < -0.39 is 0 Å². The molecule has 1 heterocycles. The van der Waals surface area contributed by atoms with Crippen molar-refractivity contribution in [3.05, 3.63) is 29.6 Å². The third-order valence-corrected chi connectivity index (χ3v) is 3.80. The summed E-state index contributed by atoms with van der Waals surface area (Å²) in [6.07, 6.45) is 2.40. The second-order valence-electron chi connectivity index (χ2n) is 5.20. The minimum absolute atomic E-state index is 0.123. The maximum Gasteiger partial charge on any atom is 0.146 e. The average Bonchev–Trinajstić information content (AvgIpc) is 2.90. The van der Waals surface area contributed by atoms with Crippen molar-refractivity contribution in [2.45, 2.75) is 31.9 Å². The van der Waals surface area contributed by atoms with Crippen LogP contribution in [0.2, 0.25) is 0 Å². The number of benzene rings is 1. The number of likely N-dealkylation sites (N-methyl/N-ethyl adjacent to an activating group) is 1. The Balaban J connectivity index is 2.21. The van der Waals surface area contributed by atoms with E-state index in [-0.39, 0.29) is 18.0 Å². The quantitative estimate of drug-likeness (QED) is 0.887. The molecule has 0 saturated carbocycles. The SMILES string of the molecule is CNC(C)c1cccc(F)c1N(C)CC1CCCO1. The van der Waals surface area contributed by atoms with E-state index in [1.54, 1.807) is 6.07 Å². The predicted octanol–water partition coefficient (Wildman–Crippen LogP) is 2.72. The van der Waals surface area contributed by atoms with Crippen LogP contribution in [0.15, 0.2) is 18.2 Å². The molecule has 1 aliphatic rings. The van der Waals surface area contributed by atoms with Gasteiger partial charge in [-0.05, 0) is 38.4 Å². The normalized spacial score (nSPS) is 20.5. The molecular weight excluding hydrogens is 243 g/mol. The number of halogens is 1. The topological polar surface area (TPSA) is 24.5 Å². The number of anilines is 1. The molecule has 0 radical (unpaired) electrons. The maximum absolute atomic E-state index is 14.2. The van der Waals surface area contributed by atoms with Gasteiger partial charge in [-0.25, -0.2) is 4.39 Å². The highest BCUT2D eigenvalue weighted by atomic mass is 19.1. The second kappa shape index (κ2) is 6.35. The number of hydrogen-bond acceptors (Lipinski definition) is 3. The molecule has 4 heteroatoms. The highest BCUT2D eigenvalue weighted by molar-refractivity contribution is 5.55. The van der Waals surface area contributed by atoms with Gasteiger partial charge < -0.3 is 15.0 Å². The van der Waals surface area contributed by atoms with Gasteiger partial charge in [-0.2, -0.15) is 0 Å². The lowest BCUT2D eigenvalue weighted by molar-refractivity contribution is 0.116. The van der Waals surface area contributed by atoms with Gasteiger partial charge in [0.1, 0.15) is 5.82 Å². The highest BCUT2D eigenvalue weighted by Crippen LogP contribution is 2.29. The van der Waals surface area contributed by atoms with E-state index in [0.29, 0.717) is 5.69 Å². The molecule has 2 unspecified atom stereocenters. The fourth-order valence-electron chi connectivity index (χ4n) is 2.62. The Bertz CT molecular complexity index is 419. The first-order valence-electron chi connectivity index (χ1n) is 6.92. The lowest BCUT2D eigenvalue weighted by Crippen LogP contribution is -2.31. The lowest BCUT2D eigenvalue weighted by Gasteiger charge is -2.27. The van der Waals surface area contributed by atoms with Crippen molar-refractivity contribution in [1.82, 2.24) is 5.32 Å². The smallest absolute Gasteiger partial charge is 0.146 e. The lowest BCUT2D eigenvalue weighted by atomic mass is 10.0. The van der Waals surface area contributed by atoms with Gasteiger partial charge in [-0.1, -0.05) is 12.1 Å². The monoisotopic (exact) mass is 266 g/mol. The standard InChI is InChI=1S/C15H23FN2O/c1-11(17-2)13-7-4-8-14(16)15(13)18(3)10-12-6-5-9-19-12/h4,7-8,11-12,17H,5-6,9-10H2,1-3H3. The molecule has 3 nitrogen and oxygen atoms in total. The third-order valence-electron chi connectivity index (χ3n) is 3.80. The van der Waals surface area contributed by atoms with Crippen LogP contribution < -0.4 is 10.2 Å².